The standard InChI is InChI=1S/C15H13F2N5OS2/c1-8-10(6-24-15-21-20-14(25-15)19-9(2)23)5-11(16)13(12(8)17)22-4-3-18-7-22/h3-5,7H,6H2,1-2H3,(H,19,20,23). The van der Waals surface area contributed by atoms with Crippen LogP contribution >= 0.6 is 23.1 Å². The first kappa shape index (κ1) is 17.5. The van der Waals surface area contributed by atoms with Gasteiger partial charge in [0.2, 0.25) is 11.0 Å². The summed E-state index contributed by atoms with van der Waals surface area (Å²) in [4.78, 5) is 14.8. The van der Waals surface area contributed by atoms with E-state index in [-0.39, 0.29) is 11.6 Å². The van der Waals surface area contributed by atoms with Crippen molar-refractivity contribution < 1.29 is 13.6 Å². The van der Waals surface area contributed by atoms with Gasteiger partial charge in [0, 0.05) is 25.1 Å². The highest BCUT2D eigenvalue weighted by atomic mass is 32.2. The summed E-state index contributed by atoms with van der Waals surface area (Å²) in [6.07, 6.45) is 4.29. The summed E-state index contributed by atoms with van der Waals surface area (Å²) < 4.78 is 30.8. The largest absolute Gasteiger partial charge is 0.301 e. The summed E-state index contributed by atoms with van der Waals surface area (Å²) in [5, 5.41) is 10.7. The zero-order valence-electron chi connectivity index (χ0n) is 13.3. The molecule has 0 saturated carbocycles. The van der Waals surface area contributed by atoms with Crippen molar-refractivity contribution in [2.24, 2.45) is 0 Å². The Morgan fingerprint density at radius 1 is 1.40 bits per heavy atom. The van der Waals surface area contributed by atoms with Gasteiger partial charge in [-0.25, -0.2) is 13.8 Å². The molecule has 3 aromatic rings. The highest BCUT2D eigenvalue weighted by Crippen LogP contribution is 2.31. The van der Waals surface area contributed by atoms with Crippen LogP contribution in [-0.2, 0) is 10.5 Å². The number of thioether (sulfide) groups is 1. The van der Waals surface area contributed by atoms with E-state index in [1.807, 2.05) is 0 Å². The van der Waals surface area contributed by atoms with Crippen molar-refractivity contribution in [2.45, 2.75) is 23.9 Å². The molecule has 0 spiro atoms. The van der Waals surface area contributed by atoms with E-state index in [9.17, 15) is 13.6 Å². The fourth-order valence-corrected chi connectivity index (χ4v) is 3.99. The maximum atomic E-state index is 14.6. The smallest absolute Gasteiger partial charge is 0.223 e. The predicted molar refractivity (Wildman–Crippen MR) is 92.0 cm³/mol. The second-order valence-electron chi connectivity index (χ2n) is 5.12. The molecule has 0 aliphatic carbocycles. The van der Waals surface area contributed by atoms with Crippen molar-refractivity contribution >= 4 is 34.1 Å². The lowest BCUT2D eigenvalue weighted by molar-refractivity contribution is -0.114. The van der Waals surface area contributed by atoms with E-state index in [0.717, 1.165) is 0 Å². The summed E-state index contributed by atoms with van der Waals surface area (Å²) >= 11 is 2.50. The van der Waals surface area contributed by atoms with Crippen LogP contribution in [0, 0.1) is 18.6 Å². The van der Waals surface area contributed by atoms with Gasteiger partial charge in [-0.1, -0.05) is 23.1 Å². The zero-order valence-corrected chi connectivity index (χ0v) is 14.9. The average molecular weight is 381 g/mol. The minimum atomic E-state index is -0.659. The monoisotopic (exact) mass is 381 g/mol. The Morgan fingerprint density at radius 2 is 2.20 bits per heavy atom. The summed E-state index contributed by atoms with van der Waals surface area (Å²) in [5.41, 5.74) is 0.747. The maximum absolute atomic E-state index is 14.6. The van der Waals surface area contributed by atoms with Gasteiger partial charge in [0.1, 0.15) is 5.69 Å². The first-order chi connectivity index (χ1) is 12.0. The van der Waals surface area contributed by atoms with Gasteiger partial charge in [-0.15, -0.1) is 10.2 Å². The van der Waals surface area contributed by atoms with Crippen LogP contribution < -0.4 is 5.32 Å². The lowest BCUT2D eigenvalue weighted by atomic mass is 10.1. The zero-order chi connectivity index (χ0) is 18.0. The van der Waals surface area contributed by atoms with E-state index >= 15 is 0 Å². The first-order valence-corrected chi connectivity index (χ1v) is 8.95. The number of hydrogen-bond acceptors (Lipinski definition) is 6. The topological polar surface area (TPSA) is 72.7 Å². The highest BCUT2D eigenvalue weighted by Gasteiger charge is 2.18. The molecule has 0 unspecified atom stereocenters. The Morgan fingerprint density at radius 3 is 2.88 bits per heavy atom. The second-order valence-corrected chi connectivity index (χ2v) is 7.32. The minimum absolute atomic E-state index is 0.146. The van der Waals surface area contributed by atoms with Crippen molar-refractivity contribution in [3.8, 4) is 5.69 Å². The van der Waals surface area contributed by atoms with Crippen LogP contribution in [0.1, 0.15) is 18.1 Å². The lowest BCUT2D eigenvalue weighted by Gasteiger charge is -2.12. The molecule has 6 nitrogen and oxygen atoms in total. The van der Waals surface area contributed by atoms with Crippen LogP contribution in [0.4, 0.5) is 13.9 Å². The minimum Gasteiger partial charge on any atom is -0.301 e. The predicted octanol–water partition coefficient (Wildman–Crippen LogP) is 3.56. The number of halogens is 2. The number of rotatable bonds is 5. The molecule has 0 bridgehead atoms. The third kappa shape index (κ3) is 3.85. The number of carbonyl (C=O) groups excluding carboxylic acids is 1. The maximum Gasteiger partial charge on any atom is 0.223 e. The van der Waals surface area contributed by atoms with Gasteiger partial charge in [-0.3, -0.25) is 4.79 Å². The number of hydrogen-bond donors (Lipinski definition) is 1. The van der Waals surface area contributed by atoms with E-state index in [1.165, 1.54) is 59.4 Å². The fraction of sp³-hybridized carbons (Fsp3) is 0.200. The van der Waals surface area contributed by atoms with Crippen LogP contribution in [-0.4, -0.2) is 25.7 Å². The van der Waals surface area contributed by atoms with Gasteiger partial charge in [0.25, 0.3) is 0 Å². The second kappa shape index (κ2) is 7.28. The summed E-state index contributed by atoms with van der Waals surface area (Å²) in [6, 6.07) is 1.32. The Labute approximate surface area is 150 Å². The fourth-order valence-electron chi connectivity index (χ4n) is 2.14. The number of aromatic nitrogens is 4. The Balaban J connectivity index is 1.79. The van der Waals surface area contributed by atoms with Crippen LogP contribution in [0.3, 0.4) is 0 Å². The molecule has 0 radical (unpaired) electrons. The van der Waals surface area contributed by atoms with Gasteiger partial charge in [-0.05, 0) is 24.1 Å². The Hall–Kier alpha value is -2.33. The molecule has 2 heterocycles. The summed E-state index contributed by atoms with van der Waals surface area (Å²) in [5.74, 6) is -1.18. The van der Waals surface area contributed by atoms with Crippen molar-refractivity contribution in [1.82, 2.24) is 19.7 Å². The number of anilines is 1. The summed E-state index contributed by atoms with van der Waals surface area (Å²) in [6.45, 7) is 2.99. The van der Waals surface area contributed by atoms with Crippen molar-refractivity contribution in [3.05, 3.63) is 47.5 Å². The molecule has 0 fully saturated rings. The number of imidazole rings is 1. The van der Waals surface area contributed by atoms with Gasteiger partial charge in [0.05, 0.1) is 6.33 Å². The van der Waals surface area contributed by atoms with Crippen LogP contribution in [0.15, 0.2) is 29.1 Å². The van der Waals surface area contributed by atoms with Crippen LogP contribution in [0.5, 0.6) is 0 Å². The molecule has 3 rings (SSSR count). The molecule has 1 N–H and O–H groups in total. The van der Waals surface area contributed by atoms with Gasteiger partial charge >= 0.3 is 0 Å². The number of nitrogens with one attached hydrogen (secondary N) is 1. The van der Waals surface area contributed by atoms with Crippen molar-refractivity contribution in [2.75, 3.05) is 5.32 Å². The van der Waals surface area contributed by atoms with Crippen LogP contribution in [0.2, 0.25) is 0 Å². The highest BCUT2D eigenvalue weighted by molar-refractivity contribution is 8.00. The average Bonchev–Trinajstić information content (AvgIpc) is 3.21. The first-order valence-electron chi connectivity index (χ1n) is 7.15. The molecule has 25 heavy (non-hydrogen) atoms. The third-order valence-electron chi connectivity index (χ3n) is 3.35. The third-order valence-corrected chi connectivity index (χ3v) is 5.37. The van der Waals surface area contributed by atoms with Crippen molar-refractivity contribution in [3.63, 3.8) is 0 Å². The van der Waals surface area contributed by atoms with Gasteiger partial charge in [-0.2, -0.15) is 0 Å². The Kier molecular flexibility index (Phi) is 5.09. The SMILES string of the molecule is CC(=O)Nc1nnc(SCc2cc(F)c(-n3ccnc3)c(F)c2C)s1. The number of nitrogens with zero attached hydrogens (tertiary/aromatic N) is 4. The Bertz CT molecular complexity index is 911. The summed E-state index contributed by atoms with van der Waals surface area (Å²) in [7, 11) is 0. The number of carbonyl (C=O) groups is 1. The van der Waals surface area contributed by atoms with E-state index in [1.54, 1.807) is 6.92 Å². The molecule has 10 heteroatoms. The molecule has 0 saturated heterocycles. The molecule has 130 valence electrons. The molecular formula is C15H13F2N5OS2. The van der Waals surface area contributed by atoms with Crippen molar-refractivity contribution in [1.29, 1.82) is 0 Å². The molecule has 0 aliphatic heterocycles. The van der Waals surface area contributed by atoms with E-state index in [0.29, 0.717) is 26.4 Å². The molecule has 1 amide bonds. The molecule has 1 aromatic carbocycles. The van der Waals surface area contributed by atoms with E-state index in [2.05, 4.69) is 20.5 Å². The molecule has 0 atom stereocenters. The van der Waals surface area contributed by atoms with E-state index in [4.69, 9.17) is 0 Å². The van der Waals surface area contributed by atoms with Crippen LogP contribution in [0.25, 0.3) is 5.69 Å². The van der Waals surface area contributed by atoms with Gasteiger partial charge < -0.3 is 9.88 Å². The van der Waals surface area contributed by atoms with Gasteiger partial charge in [0.15, 0.2) is 16.0 Å². The number of benzene rings is 1. The molecule has 2 aromatic heterocycles. The normalized spacial score (nSPS) is 10.9. The number of amides is 1. The lowest BCUT2D eigenvalue weighted by Crippen LogP contribution is -2.04. The quantitative estimate of drug-likeness (QED) is 0.540. The molecule has 0 aliphatic rings. The van der Waals surface area contributed by atoms with E-state index < -0.39 is 11.6 Å². The molecular weight excluding hydrogens is 368 g/mol.